The maximum atomic E-state index is 11.3. The van der Waals surface area contributed by atoms with E-state index >= 15 is 0 Å². The average molecular weight is 378 g/mol. The lowest BCUT2D eigenvalue weighted by atomic mass is 9.93. The Hall–Kier alpha value is -0.970. The Kier molecular flexibility index (Phi) is 9.39. The van der Waals surface area contributed by atoms with Gasteiger partial charge in [-0.25, -0.2) is 0 Å². The number of halogens is 1. The summed E-state index contributed by atoms with van der Waals surface area (Å²) < 4.78 is 0. The van der Waals surface area contributed by atoms with Gasteiger partial charge < -0.3 is 15.5 Å². The molecule has 0 aliphatic carbocycles. The van der Waals surface area contributed by atoms with Crippen LogP contribution < -0.4 is 10.6 Å². The Bertz CT molecular complexity index is 343. The van der Waals surface area contributed by atoms with E-state index in [1.165, 1.54) is 0 Å². The molecule has 6 heteroatoms. The van der Waals surface area contributed by atoms with Crippen molar-refractivity contribution in [3.05, 3.63) is 0 Å². The first kappa shape index (κ1) is 18.0. The molecule has 0 aromatic rings. The number of nitrogens with one attached hydrogen (secondary N) is 2. The van der Waals surface area contributed by atoms with E-state index in [1.54, 1.807) is 14.1 Å². The lowest BCUT2D eigenvalue weighted by Gasteiger charge is -2.33. The van der Waals surface area contributed by atoms with Gasteiger partial charge in [-0.3, -0.25) is 9.79 Å². The van der Waals surface area contributed by atoms with Gasteiger partial charge in [0.15, 0.2) is 5.96 Å². The van der Waals surface area contributed by atoms with Crippen molar-refractivity contribution in [2.45, 2.75) is 19.3 Å². The molecule has 108 valence electrons. The van der Waals surface area contributed by atoms with Crippen molar-refractivity contribution in [3.8, 4) is 12.3 Å². The van der Waals surface area contributed by atoms with Gasteiger partial charge in [0.05, 0.1) is 6.54 Å². The van der Waals surface area contributed by atoms with Gasteiger partial charge in [-0.1, -0.05) is 5.92 Å². The van der Waals surface area contributed by atoms with Gasteiger partial charge >= 0.3 is 0 Å². The van der Waals surface area contributed by atoms with Crippen LogP contribution in [0.2, 0.25) is 0 Å². The van der Waals surface area contributed by atoms with Crippen molar-refractivity contribution < 1.29 is 4.79 Å². The van der Waals surface area contributed by atoms with E-state index in [0.717, 1.165) is 31.9 Å². The third-order valence-corrected chi connectivity index (χ3v) is 3.23. The fraction of sp³-hybridized carbons (Fsp3) is 0.692. The molecule has 19 heavy (non-hydrogen) atoms. The molecular formula is C13H23IN4O. The molecule has 1 heterocycles. The smallest absolute Gasteiger partial charge is 0.220 e. The van der Waals surface area contributed by atoms with Crippen molar-refractivity contribution >= 4 is 35.8 Å². The molecule has 1 rings (SSSR count). The number of likely N-dealkylation sites (tertiary alicyclic amines) is 1. The summed E-state index contributed by atoms with van der Waals surface area (Å²) >= 11 is 0. The van der Waals surface area contributed by atoms with Crippen LogP contribution in [0, 0.1) is 18.3 Å². The van der Waals surface area contributed by atoms with Gasteiger partial charge in [-0.05, 0) is 18.8 Å². The monoisotopic (exact) mass is 378 g/mol. The van der Waals surface area contributed by atoms with Gasteiger partial charge in [0.25, 0.3) is 0 Å². The highest BCUT2D eigenvalue weighted by molar-refractivity contribution is 14.0. The number of guanidine groups is 1. The molecule has 0 radical (unpaired) electrons. The molecule has 0 saturated carbocycles. The second kappa shape index (κ2) is 9.89. The molecular weight excluding hydrogens is 355 g/mol. The van der Waals surface area contributed by atoms with Gasteiger partial charge in [-0.15, -0.1) is 30.4 Å². The first-order chi connectivity index (χ1) is 8.71. The fourth-order valence-electron chi connectivity index (χ4n) is 2.18. The van der Waals surface area contributed by atoms with Crippen LogP contribution in [-0.2, 0) is 4.79 Å². The van der Waals surface area contributed by atoms with Crippen LogP contribution >= 0.6 is 24.0 Å². The van der Waals surface area contributed by atoms with Crippen LogP contribution in [0.15, 0.2) is 4.99 Å². The molecule has 0 unspecified atom stereocenters. The van der Waals surface area contributed by atoms with Gasteiger partial charge in [0.2, 0.25) is 5.91 Å². The normalized spacial score (nSPS) is 16.3. The zero-order valence-electron chi connectivity index (χ0n) is 11.6. The van der Waals surface area contributed by atoms with E-state index in [2.05, 4.69) is 26.4 Å². The standard InChI is InChI=1S/C13H22N4O.HI/c1-4-7-16-13(15-3)17-8-5-11(6-9-17)10-12(18)14-2;/h1,11H,5-10H2,2-3H3,(H,14,18)(H,15,16);1H. The number of piperidine rings is 1. The van der Waals surface area contributed by atoms with Crippen LogP contribution in [0.25, 0.3) is 0 Å². The summed E-state index contributed by atoms with van der Waals surface area (Å²) in [5.74, 6) is 4.00. The molecule has 1 aliphatic heterocycles. The molecule has 0 spiro atoms. The number of terminal acetylenes is 1. The SMILES string of the molecule is C#CCNC(=NC)N1CCC(CC(=O)NC)CC1.I. The molecule has 1 saturated heterocycles. The second-order valence-electron chi connectivity index (χ2n) is 4.41. The minimum absolute atomic E-state index is 0. The molecule has 1 aliphatic rings. The Labute approximate surface area is 132 Å². The van der Waals surface area contributed by atoms with Crippen LogP contribution in [0.5, 0.6) is 0 Å². The van der Waals surface area contributed by atoms with Crippen molar-refractivity contribution in [3.63, 3.8) is 0 Å². The van der Waals surface area contributed by atoms with Crippen LogP contribution in [0.4, 0.5) is 0 Å². The topological polar surface area (TPSA) is 56.7 Å². The van der Waals surface area contributed by atoms with Gasteiger partial charge in [0, 0.05) is 33.6 Å². The fourth-order valence-corrected chi connectivity index (χ4v) is 2.18. The lowest BCUT2D eigenvalue weighted by Crippen LogP contribution is -2.46. The van der Waals surface area contributed by atoms with Crippen LogP contribution in [0.3, 0.4) is 0 Å². The number of rotatable bonds is 3. The molecule has 1 amide bonds. The molecule has 0 aromatic heterocycles. The summed E-state index contributed by atoms with van der Waals surface area (Å²) in [7, 11) is 3.44. The lowest BCUT2D eigenvalue weighted by molar-refractivity contribution is -0.121. The molecule has 5 nitrogen and oxygen atoms in total. The quantitative estimate of drug-likeness (QED) is 0.328. The third-order valence-electron chi connectivity index (χ3n) is 3.23. The minimum atomic E-state index is 0. The summed E-state index contributed by atoms with van der Waals surface area (Å²) in [4.78, 5) is 17.7. The summed E-state index contributed by atoms with van der Waals surface area (Å²) in [5, 5.41) is 5.79. The zero-order valence-corrected chi connectivity index (χ0v) is 13.9. The van der Waals surface area contributed by atoms with Crippen LogP contribution in [-0.4, -0.2) is 50.5 Å². The number of nitrogens with zero attached hydrogens (tertiary/aromatic N) is 2. The Morgan fingerprint density at radius 3 is 2.58 bits per heavy atom. The third kappa shape index (κ3) is 6.14. The maximum absolute atomic E-state index is 11.3. The van der Waals surface area contributed by atoms with E-state index in [1.807, 2.05) is 0 Å². The maximum Gasteiger partial charge on any atom is 0.220 e. The van der Waals surface area contributed by atoms with E-state index in [4.69, 9.17) is 6.42 Å². The van der Waals surface area contributed by atoms with Crippen LogP contribution in [0.1, 0.15) is 19.3 Å². The van der Waals surface area contributed by atoms with Crippen molar-refractivity contribution in [1.29, 1.82) is 0 Å². The minimum Gasteiger partial charge on any atom is -0.359 e. The average Bonchev–Trinajstić information content (AvgIpc) is 2.41. The predicted molar refractivity (Wildman–Crippen MR) is 88.6 cm³/mol. The largest absolute Gasteiger partial charge is 0.359 e. The van der Waals surface area contributed by atoms with E-state index in [-0.39, 0.29) is 29.9 Å². The number of amides is 1. The second-order valence-corrected chi connectivity index (χ2v) is 4.41. The number of aliphatic imine (C=N–C) groups is 1. The van der Waals surface area contributed by atoms with Gasteiger partial charge in [-0.2, -0.15) is 0 Å². The highest BCUT2D eigenvalue weighted by Gasteiger charge is 2.22. The van der Waals surface area contributed by atoms with Crippen molar-refractivity contribution in [1.82, 2.24) is 15.5 Å². The zero-order chi connectivity index (χ0) is 13.4. The molecule has 2 N–H and O–H groups in total. The first-order valence-corrected chi connectivity index (χ1v) is 6.31. The van der Waals surface area contributed by atoms with E-state index < -0.39 is 0 Å². The molecule has 1 fully saturated rings. The predicted octanol–water partition coefficient (Wildman–Crippen LogP) is 0.661. The Balaban J connectivity index is 0.00000324. The Morgan fingerprint density at radius 2 is 2.11 bits per heavy atom. The van der Waals surface area contributed by atoms with E-state index in [0.29, 0.717) is 18.9 Å². The number of hydrogen-bond donors (Lipinski definition) is 2. The number of hydrogen-bond acceptors (Lipinski definition) is 2. The number of carbonyl (C=O) groups excluding carboxylic acids is 1. The molecule has 0 aromatic carbocycles. The van der Waals surface area contributed by atoms with Crippen molar-refractivity contribution in [2.75, 3.05) is 33.7 Å². The summed E-state index contributed by atoms with van der Waals surface area (Å²) in [5.41, 5.74) is 0. The summed E-state index contributed by atoms with van der Waals surface area (Å²) in [6.07, 6.45) is 7.88. The molecule has 0 bridgehead atoms. The number of carbonyl (C=O) groups is 1. The first-order valence-electron chi connectivity index (χ1n) is 6.31. The van der Waals surface area contributed by atoms with Crippen molar-refractivity contribution in [2.24, 2.45) is 10.9 Å². The molecule has 0 atom stereocenters. The highest BCUT2D eigenvalue weighted by atomic mass is 127. The highest BCUT2D eigenvalue weighted by Crippen LogP contribution is 2.20. The van der Waals surface area contributed by atoms with Gasteiger partial charge in [0.1, 0.15) is 0 Å². The Morgan fingerprint density at radius 1 is 1.47 bits per heavy atom. The summed E-state index contributed by atoms with van der Waals surface area (Å²) in [6.45, 7) is 2.34. The van der Waals surface area contributed by atoms with E-state index in [9.17, 15) is 4.79 Å². The summed E-state index contributed by atoms with van der Waals surface area (Å²) in [6, 6.07) is 0.